The summed E-state index contributed by atoms with van der Waals surface area (Å²) in [5.41, 5.74) is -3.92. The zero-order valence-corrected chi connectivity index (χ0v) is 21.9. The quantitative estimate of drug-likeness (QED) is 0.211. The molecule has 4 nitrogen and oxygen atoms in total. The van der Waals surface area contributed by atoms with Crippen molar-refractivity contribution in [1.82, 2.24) is 19.1 Å². The third kappa shape index (κ3) is 3.50. The van der Waals surface area contributed by atoms with Crippen LogP contribution in [0.25, 0.3) is 77.4 Å². The van der Waals surface area contributed by atoms with Crippen LogP contribution in [0.1, 0.15) is 35.7 Å². The molecule has 0 atom stereocenters. The maximum Gasteiger partial charge on any atom is 0.235 e. The molecule has 3 heterocycles. The summed E-state index contributed by atoms with van der Waals surface area (Å²) < 4.78 is 197. The molecule has 0 amide bonds. The number of benzene rings is 6. The fraction of sp³-hybridized carbons (Fsp3) is 0.0256. The molecule has 0 radical (unpaired) electrons. The van der Waals surface area contributed by atoms with E-state index in [1.165, 1.54) is 6.92 Å². The van der Waals surface area contributed by atoms with Gasteiger partial charge in [0, 0.05) is 38.2 Å². The minimum atomic E-state index is -0.851. The molecule has 0 unspecified atom stereocenters. The first-order valence-corrected chi connectivity index (χ1v) is 12.8. The van der Waals surface area contributed by atoms with E-state index in [4.69, 9.17) is 23.3 Å². The van der Waals surface area contributed by atoms with Gasteiger partial charge in [0.25, 0.3) is 0 Å². The first-order chi connectivity index (χ1) is 30.4. The van der Waals surface area contributed by atoms with Gasteiger partial charge in [-0.3, -0.25) is 4.57 Å². The van der Waals surface area contributed by atoms with E-state index >= 15 is 0 Å². The Labute approximate surface area is 279 Å². The van der Waals surface area contributed by atoms with Crippen molar-refractivity contribution in [1.29, 1.82) is 0 Å². The molecule has 0 aliphatic carbocycles. The highest BCUT2D eigenvalue weighted by atomic mass is 15.2. The Morgan fingerprint density at radius 3 is 1.84 bits per heavy atom. The summed E-state index contributed by atoms with van der Waals surface area (Å²) in [6, 6.07) is -15.1. The molecule has 4 heteroatoms. The monoisotopic (exact) mass is 572 g/mol. The molecule has 0 aliphatic heterocycles. The molecule has 6 aromatic carbocycles. The molecule has 3 aromatic heterocycles. The second-order valence-electron chi connectivity index (χ2n) is 9.46. The zero-order chi connectivity index (χ0) is 47.6. The Bertz CT molecular complexity index is 3700. The van der Waals surface area contributed by atoms with E-state index in [1.54, 1.807) is 0 Å². The third-order valence-electron chi connectivity index (χ3n) is 7.05. The van der Waals surface area contributed by atoms with E-state index in [0.29, 0.717) is 0 Å². The predicted octanol–water partition coefficient (Wildman–Crippen LogP) is 9.80. The number of aromatic nitrogens is 4. The van der Waals surface area contributed by atoms with Crippen LogP contribution < -0.4 is 0 Å². The van der Waals surface area contributed by atoms with Crippen LogP contribution in [0.5, 0.6) is 0 Å². The minimum Gasteiger partial charge on any atom is -0.309 e. The van der Waals surface area contributed by atoms with Gasteiger partial charge in [-0.2, -0.15) is 0 Å². The predicted molar refractivity (Wildman–Crippen MR) is 178 cm³/mol. The lowest BCUT2D eigenvalue weighted by molar-refractivity contribution is 1.01. The fourth-order valence-corrected chi connectivity index (χ4v) is 5.29. The summed E-state index contributed by atoms with van der Waals surface area (Å²) in [7, 11) is 0. The van der Waals surface area contributed by atoms with E-state index in [0.717, 1.165) is 15.2 Å². The topological polar surface area (TPSA) is 35.6 Å². The molecule has 0 bridgehead atoms. The van der Waals surface area contributed by atoms with E-state index in [1.807, 2.05) is 0 Å². The number of para-hydroxylation sites is 4. The molecule has 0 saturated heterocycles. The summed E-state index contributed by atoms with van der Waals surface area (Å²) in [5.74, 6) is -0.649. The molecule has 0 fully saturated rings. The Kier molecular flexibility index (Phi) is 2.30. The van der Waals surface area contributed by atoms with Crippen LogP contribution in [0.15, 0.2) is 139 Å². The first kappa shape index (κ1) is 10.8. The summed E-state index contributed by atoms with van der Waals surface area (Å²) in [6.07, 6.45) is 0. The highest BCUT2D eigenvalue weighted by Gasteiger charge is 2.22. The normalized spacial score (nSPS) is 19.0. The average molecular weight is 573 g/mol. The van der Waals surface area contributed by atoms with Gasteiger partial charge in [-0.1, -0.05) is 102 Å². The van der Waals surface area contributed by atoms with Gasteiger partial charge in [-0.15, -0.1) is 0 Å². The van der Waals surface area contributed by atoms with Gasteiger partial charge in [-0.25, -0.2) is 9.97 Å². The lowest BCUT2D eigenvalue weighted by Crippen LogP contribution is -2.03. The van der Waals surface area contributed by atoms with Crippen molar-refractivity contribution in [2.75, 3.05) is 0 Å². The summed E-state index contributed by atoms with van der Waals surface area (Å²) in [5, 5.41) is -1.75. The molecule has 202 valence electrons. The van der Waals surface area contributed by atoms with Crippen LogP contribution in [-0.2, 0) is 0 Å². The molecular weight excluding hydrogens is 524 g/mol. The van der Waals surface area contributed by atoms with Gasteiger partial charge in [0.1, 0.15) is 0 Å². The Balaban J connectivity index is 1.63. The lowest BCUT2D eigenvalue weighted by atomic mass is 10.1. The summed E-state index contributed by atoms with van der Waals surface area (Å²) >= 11 is 0. The average Bonchev–Trinajstić information content (AvgIpc) is 3.82. The van der Waals surface area contributed by atoms with Crippen molar-refractivity contribution < 1.29 is 30.2 Å². The first-order valence-electron chi connectivity index (χ1n) is 23.8. The van der Waals surface area contributed by atoms with Gasteiger partial charge in [0.2, 0.25) is 5.95 Å². The maximum absolute atomic E-state index is 9.66. The third-order valence-corrected chi connectivity index (χ3v) is 7.05. The van der Waals surface area contributed by atoms with Crippen LogP contribution in [0.4, 0.5) is 0 Å². The molecule has 0 N–H and O–H groups in total. The van der Waals surface area contributed by atoms with Gasteiger partial charge < -0.3 is 4.57 Å². The Morgan fingerprint density at radius 2 is 1.12 bits per heavy atom. The number of rotatable bonds is 3. The Morgan fingerprint density at radius 1 is 0.512 bits per heavy atom. The number of hydrogen-bond donors (Lipinski definition) is 0. The largest absolute Gasteiger partial charge is 0.309 e. The molecule has 0 aliphatic rings. The molecule has 9 rings (SSSR count). The van der Waals surface area contributed by atoms with E-state index in [-0.39, 0.29) is 21.7 Å². The summed E-state index contributed by atoms with van der Waals surface area (Å²) in [4.78, 5) is 9.18. The van der Waals surface area contributed by atoms with Crippen molar-refractivity contribution in [3.05, 3.63) is 145 Å². The van der Waals surface area contributed by atoms with Gasteiger partial charge in [-0.05, 0) is 49.2 Å². The van der Waals surface area contributed by atoms with Crippen molar-refractivity contribution >= 4 is 54.5 Å². The minimum absolute atomic E-state index is 0.0249. The van der Waals surface area contributed by atoms with Crippen molar-refractivity contribution in [3.63, 3.8) is 0 Å². The van der Waals surface area contributed by atoms with Crippen molar-refractivity contribution in [3.8, 4) is 22.9 Å². The van der Waals surface area contributed by atoms with Crippen LogP contribution in [0.3, 0.4) is 0 Å². The molecular formula is C39H26N4. The smallest absolute Gasteiger partial charge is 0.235 e. The number of fused-ring (bicyclic) bond motifs is 8. The highest BCUT2D eigenvalue weighted by molar-refractivity contribution is 6.28. The standard InChI is InChI=1S/C39H26N4/c1-25-19-21-26(22-20-25)38-28-13-5-8-16-31(28)40-39(41-38)43-33-18-10-7-15-30(33)37-35(43)24-23-34-36(37)29-14-6-9-17-32(29)42(34)27-11-3-2-4-12-27/h2-24H,1H3/i2D,3D,4D,5D,6D,7D,8D,9D,10D,11D,12D,14D,15D,16D,17D,18D,19D,20D,21D,22D,23D,24D. The van der Waals surface area contributed by atoms with Crippen LogP contribution in [-0.4, -0.2) is 19.1 Å². The van der Waals surface area contributed by atoms with Gasteiger partial charge >= 0.3 is 0 Å². The molecule has 43 heavy (non-hydrogen) atoms. The molecule has 0 saturated carbocycles. The van der Waals surface area contributed by atoms with Crippen molar-refractivity contribution in [2.45, 2.75) is 6.92 Å². The highest BCUT2D eigenvalue weighted by Crippen LogP contribution is 2.42. The van der Waals surface area contributed by atoms with Crippen molar-refractivity contribution in [2.24, 2.45) is 0 Å². The Hall–Kier alpha value is -5.74. The zero-order valence-electron chi connectivity index (χ0n) is 43.9. The van der Waals surface area contributed by atoms with Crippen LogP contribution >= 0.6 is 0 Å². The van der Waals surface area contributed by atoms with E-state index < -0.39 is 194 Å². The molecule has 9 aromatic rings. The van der Waals surface area contributed by atoms with E-state index in [9.17, 15) is 6.85 Å². The number of nitrogens with zero attached hydrogens (tertiary/aromatic N) is 4. The fourth-order valence-electron chi connectivity index (χ4n) is 5.29. The van der Waals surface area contributed by atoms with Gasteiger partial charge in [0.15, 0.2) is 0 Å². The van der Waals surface area contributed by atoms with Crippen LogP contribution in [0.2, 0.25) is 0 Å². The van der Waals surface area contributed by atoms with E-state index in [2.05, 4.69) is 9.97 Å². The maximum atomic E-state index is 9.66. The van der Waals surface area contributed by atoms with Crippen LogP contribution in [0, 0.1) is 6.92 Å². The second kappa shape index (κ2) is 9.13. The second-order valence-corrected chi connectivity index (χ2v) is 9.46. The number of hydrogen-bond acceptors (Lipinski definition) is 2. The molecule has 0 spiro atoms. The summed E-state index contributed by atoms with van der Waals surface area (Å²) in [6.45, 7) is 1.36. The lowest BCUT2D eigenvalue weighted by Gasteiger charge is -2.12. The van der Waals surface area contributed by atoms with Gasteiger partial charge in [0.05, 0.1) is 63.4 Å². The SMILES string of the molecule is [2H]c1cc2c(-c3c([2H])c([2H])c(C)c([2H])c3[2H])nc(-n3c4c([2H])c([2H])c([2H])c([2H])c4c4c5c6c([2H])c([2H])c([2H])c([2H])c6n(-c6c([2H])c([2H])c([2H])c([2H])c6[2H])c5c([2H])c([2H])c43)nc2c([2H])c1[2H].